The van der Waals surface area contributed by atoms with E-state index in [2.05, 4.69) is 0 Å². The first-order valence-electron chi connectivity index (χ1n) is 5.25. The highest BCUT2D eigenvalue weighted by Gasteiger charge is 2.52. The maximum Gasteiger partial charge on any atom is 0.163 e. The highest BCUT2D eigenvalue weighted by atomic mass is 16.8. The van der Waals surface area contributed by atoms with E-state index in [4.69, 9.17) is 20.3 Å². The molecule has 1 heterocycles. The zero-order valence-corrected chi connectivity index (χ0v) is 8.77. The summed E-state index contributed by atoms with van der Waals surface area (Å²) in [6.07, 6.45) is 1.74. The second kappa shape index (κ2) is 3.45. The number of rotatable bonds is 2. The lowest BCUT2D eigenvalue weighted by molar-refractivity contribution is -0.158. The maximum absolute atomic E-state index is 8.93. The molecular formula is C10H19NO3. The maximum atomic E-state index is 8.93. The molecule has 0 aromatic carbocycles. The van der Waals surface area contributed by atoms with E-state index in [1.807, 2.05) is 13.8 Å². The molecule has 0 amide bonds. The molecular weight excluding hydrogens is 182 g/mol. The summed E-state index contributed by atoms with van der Waals surface area (Å²) in [6, 6.07) is 0.0540. The molecule has 3 N–H and O–H groups in total. The van der Waals surface area contributed by atoms with E-state index in [1.165, 1.54) is 0 Å². The molecule has 2 rings (SSSR count). The van der Waals surface area contributed by atoms with Crippen molar-refractivity contribution in [2.75, 3.05) is 6.61 Å². The van der Waals surface area contributed by atoms with Crippen LogP contribution in [0.25, 0.3) is 0 Å². The van der Waals surface area contributed by atoms with Gasteiger partial charge >= 0.3 is 0 Å². The topological polar surface area (TPSA) is 64.7 Å². The molecule has 0 aromatic heterocycles. The van der Waals surface area contributed by atoms with Crippen LogP contribution in [0.3, 0.4) is 0 Å². The van der Waals surface area contributed by atoms with Crippen LogP contribution in [-0.2, 0) is 9.47 Å². The molecule has 4 heteroatoms. The lowest BCUT2D eigenvalue weighted by atomic mass is 10.0. The number of ether oxygens (including phenoxy) is 2. The molecule has 1 aliphatic heterocycles. The molecule has 1 saturated heterocycles. The Morgan fingerprint density at radius 2 is 2.00 bits per heavy atom. The molecule has 14 heavy (non-hydrogen) atoms. The van der Waals surface area contributed by atoms with Crippen molar-refractivity contribution in [1.29, 1.82) is 0 Å². The first kappa shape index (κ1) is 10.4. The Balaban J connectivity index is 2.07. The van der Waals surface area contributed by atoms with Crippen molar-refractivity contribution in [2.24, 2.45) is 11.7 Å². The Hall–Kier alpha value is -0.160. The van der Waals surface area contributed by atoms with Crippen molar-refractivity contribution in [1.82, 2.24) is 0 Å². The smallest absolute Gasteiger partial charge is 0.163 e. The van der Waals surface area contributed by atoms with Crippen LogP contribution in [-0.4, -0.2) is 35.8 Å². The van der Waals surface area contributed by atoms with Crippen molar-refractivity contribution >= 4 is 0 Å². The van der Waals surface area contributed by atoms with Crippen LogP contribution >= 0.6 is 0 Å². The van der Waals surface area contributed by atoms with Gasteiger partial charge in [0.25, 0.3) is 0 Å². The minimum atomic E-state index is -0.513. The van der Waals surface area contributed by atoms with Gasteiger partial charge in [-0.15, -0.1) is 0 Å². The first-order chi connectivity index (χ1) is 6.53. The molecule has 0 bridgehead atoms. The summed E-state index contributed by atoms with van der Waals surface area (Å²) in [5.74, 6) is -0.164. The van der Waals surface area contributed by atoms with Gasteiger partial charge in [0.2, 0.25) is 0 Å². The zero-order valence-electron chi connectivity index (χ0n) is 8.77. The van der Waals surface area contributed by atoms with Crippen LogP contribution in [0.2, 0.25) is 0 Å². The van der Waals surface area contributed by atoms with Crippen molar-refractivity contribution in [3.8, 4) is 0 Å². The van der Waals surface area contributed by atoms with Crippen molar-refractivity contribution < 1.29 is 14.6 Å². The molecule has 0 aromatic rings. The van der Waals surface area contributed by atoms with E-state index in [1.54, 1.807) is 0 Å². The number of fused-ring (bicyclic) bond motifs is 1. The summed E-state index contributed by atoms with van der Waals surface area (Å²) in [5, 5.41) is 8.93. The second-order valence-corrected chi connectivity index (χ2v) is 4.74. The summed E-state index contributed by atoms with van der Waals surface area (Å²) in [4.78, 5) is 0. The summed E-state index contributed by atoms with van der Waals surface area (Å²) in [5.41, 5.74) is 5.98. The van der Waals surface area contributed by atoms with Gasteiger partial charge in [-0.2, -0.15) is 0 Å². The molecule has 4 nitrogen and oxygen atoms in total. The van der Waals surface area contributed by atoms with Gasteiger partial charge in [0.05, 0.1) is 6.10 Å². The zero-order chi connectivity index (χ0) is 10.3. The average molecular weight is 201 g/mol. The Morgan fingerprint density at radius 3 is 2.64 bits per heavy atom. The van der Waals surface area contributed by atoms with Crippen molar-refractivity contribution in [2.45, 2.75) is 50.7 Å². The Labute approximate surface area is 84.4 Å². The minimum absolute atomic E-state index is 0.0153. The molecule has 4 atom stereocenters. The van der Waals surface area contributed by atoms with Crippen LogP contribution in [0.5, 0.6) is 0 Å². The lowest BCUT2D eigenvalue weighted by Gasteiger charge is -2.22. The van der Waals surface area contributed by atoms with Gasteiger partial charge in [-0.05, 0) is 32.6 Å². The van der Waals surface area contributed by atoms with E-state index >= 15 is 0 Å². The molecule has 0 radical (unpaired) electrons. The van der Waals surface area contributed by atoms with Gasteiger partial charge in [0.15, 0.2) is 5.79 Å². The van der Waals surface area contributed by atoms with E-state index in [0.29, 0.717) is 5.92 Å². The molecule has 2 aliphatic rings. The first-order valence-corrected chi connectivity index (χ1v) is 5.25. The summed E-state index contributed by atoms with van der Waals surface area (Å²) < 4.78 is 11.5. The lowest BCUT2D eigenvalue weighted by Crippen LogP contribution is -2.34. The third kappa shape index (κ3) is 1.67. The number of aliphatic hydroxyl groups excluding tert-OH is 1. The largest absolute Gasteiger partial charge is 0.396 e. The fourth-order valence-corrected chi connectivity index (χ4v) is 2.58. The summed E-state index contributed by atoms with van der Waals surface area (Å²) in [7, 11) is 0. The Morgan fingerprint density at radius 1 is 1.36 bits per heavy atom. The molecule has 1 aliphatic carbocycles. The normalized spacial score (nSPS) is 45.4. The number of aliphatic hydroxyl groups is 1. The van der Waals surface area contributed by atoms with Crippen molar-refractivity contribution in [3.05, 3.63) is 0 Å². The highest BCUT2D eigenvalue weighted by molar-refractivity contribution is 4.99. The third-order valence-electron chi connectivity index (χ3n) is 3.13. The molecule has 1 saturated carbocycles. The van der Waals surface area contributed by atoms with Crippen LogP contribution in [0, 0.1) is 5.92 Å². The van der Waals surface area contributed by atoms with Gasteiger partial charge in [-0.3, -0.25) is 0 Å². The molecule has 82 valence electrons. The predicted molar refractivity (Wildman–Crippen MR) is 51.6 cm³/mol. The Bertz CT molecular complexity index is 219. The Kier molecular flexibility index (Phi) is 2.55. The van der Waals surface area contributed by atoms with E-state index in [0.717, 1.165) is 12.8 Å². The quantitative estimate of drug-likeness (QED) is 0.671. The van der Waals surface area contributed by atoms with E-state index < -0.39 is 5.79 Å². The van der Waals surface area contributed by atoms with Crippen LogP contribution in [0.15, 0.2) is 0 Å². The second-order valence-electron chi connectivity index (χ2n) is 4.74. The van der Waals surface area contributed by atoms with E-state index in [-0.39, 0.29) is 24.9 Å². The van der Waals surface area contributed by atoms with Crippen LogP contribution in [0.4, 0.5) is 0 Å². The highest BCUT2D eigenvalue weighted by Crippen LogP contribution is 2.41. The summed E-state index contributed by atoms with van der Waals surface area (Å²) in [6.45, 7) is 4.02. The summed E-state index contributed by atoms with van der Waals surface area (Å²) >= 11 is 0. The van der Waals surface area contributed by atoms with E-state index in [9.17, 15) is 0 Å². The SMILES string of the molecule is CC1(C)O[C@@H]2[C@@H](CCO)C[C@@H](N)[C@@H]2O1. The molecule has 0 spiro atoms. The van der Waals surface area contributed by atoms with Gasteiger partial charge in [-0.25, -0.2) is 0 Å². The fourth-order valence-electron chi connectivity index (χ4n) is 2.58. The number of hydrogen-bond donors (Lipinski definition) is 2. The third-order valence-corrected chi connectivity index (χ3v) is 3.13. The van der Waals surface area contributed by atoms with Gasteiger partial charge in [0.1, 0.15) is 6.10 Å². The van der Waals surface area contributed by atoms with Gasteiger partial charge < -0.3 is 20.3 Å². The van der Waals surface area contributed by atoms with Crippen LogP contribution in [0.1, 0.15) is 26.7 Å². The monoisotopic (exact) mass is 201 g/mol. The number of nitrogens with two attached hydrogens (primary N) is 1. The van der Waals surface area contributed by atoms with Crippen molar-refractivity contribution in [3.63, 3.8) is 0 Å². The fraction of sp³-hybridized carbons (Fsp3) is 1.00. The minimum Gasteiger partial charge on any atom is -0.396 e. The predicted octanol–water partition coefficient (Wildman–Crippen LogP) is 0.236. The molecule has 0 unspecified atom stereocenters. The van der Waals surface area contributed by atoms with Crippen LogP contribution < -0.4 is 5.73 Å². The average Bonchev–Trinajstić information content (AvgIpc) is 2.51. The number of hydrogen-bond acceptors (Lipinski definition) is 4. The standard InChI is InChI=1S/C10H19NO3/c1-10(2)13-8-6(3-4-12)5-7(11)9(8)14-10/h6-9,12H,3-5,11H2,1-2H3/t6-,7+,8+,9-/m0/s1. The van der Waals surface area contributed by atoms with Gasteiger partial charge in [0, 0.05) is 12.6 Å². The molecule has 2 fully saturated rings. The van der Waals surface area contributed by atoms with Gasteiger partial charge in [-0.1, -0.05) is 0 Å².